The van der Waals surface area contributed by atoms with Crippen LogP contribution < -0.4 is 5.32 Å². The molecule has 2 aromatic heterocycles. The molecule has 1 aliphatic rings. The zero-order chi connectivity index (χ0) is 18.4. The van der Waals surface area contributed by atoms with Gasteiger partial charge in [-0.3, -0.25) is 14.6 Å². The molecule has 0 unspecified atom stereocenters. The van der Waals surface area contributed by atoms with Crippen molar-refractivity contribution in [1.29, 1.82) is 0 Å². The van der Waals surface area contributed by atoms with Gasteiger partial charge < -0.3 is 10.2 Å². The van der Waals surface area contributed by atoms with Gasteiger partial charge in [0.2, 0.25) is 11.8 Å². The number of rotatable bonds is 7. The molecule has 0 bridgehead atoms. The highest BCUT2D eigenvalue weighted by atomic mass is 32.1. The van der Waals surface area contributed by atoms with Crippen molar-refractivity contribution in [3.63, 3.8) is 0 Å². The lowest BCUT2D eigenvalue weighted by Gasteiger charge is -2.32. The van der Waals surface area contributed by atoms with Crippen LogP contribution in [0, 0.1) is 12.8 Å². The number of hydrogen-bond donors (Lipinski definition) is 1. The van der Waals surface area contributed by atoms with Crippen molar-refractivity contribution in [1.82, 2.24) is 20.2 Å². The predicted molar refractivity (Wildman–Crippen MR) is 101 cm³/mol. The fraction of sp³-hybridized carbons (Fsp3) is 0.474. The fourth-order valence-electron chi connectivity index (χ4n) is 3.15. The van der Waals surface area contributed by atoms with E-state index in [1.54, 1.807) is 22.4 Å². The van der Waals surface area contributed by atoms with Crippen molar-refractivity contribution in [2.24, 2.45) is 5.92 Å². The molecule has 2 aromatic rings. The largest absolute Gasteiger partial charge is 0.355 e. The van der Waals surface area contributed by atoms with Gasteiger partial charge in [-0.05, 0) is 25.5 Å². The number of aryl methyl sites for hydroxylation is 1. The SMILES string of the molecule is Cc1ncsc1CCNC(=O)[C@@H]1CCC(=O)N(CCc2ccccn2)C1. The van der Waals surface area contributed by atoms with Crippen molar-refractivity contribution in [3.8, 4) is 0 Å². The van der Waals surface area contributed by atoms with Gasteiger partial charge in [0.05, 0.1) is 17.1 Å². The molecular formula is C19H24N4O2S. The van der Waals surface area contributed by atoms with Gasteiger partial charge in [0.25, 0.3) is 0 Å². The third-order valence-corrected chi connectivity index (χ3v) is 5.73. The lowest BCUT2D eigenvalue weighted by atomic mass is 9.96. The topological polar surface area (TPSA) is 75.2 Å². The molecule has 138 valence electrons. The van der Waals surface area contributed by atoms with E-state index in [0.29, 0.717) is 38.9 Å². The Bertz CT molecular complexity index is 747. The fourth-order valence-corrected chi connectivity index (χ4v) is 3.93. The van der Waals surface area contributed by atoms with Gasteiger partial charge in [0, 0.05) is 55.7 Å². The first-order chi connectivity index (χ1) is 12.6. The van der Waals surface area contributed by atoms with Gasteiger partial charge >= 0.3 is 0 Å². The number of amides is 2. The smallest absolute Gasteiger partial charge is 0.224 e. The third-order valence-electron chi connectivity index (χ3n) is 4.73. The van der Waals surface area contributed by atoms with E-state index in [2.05, 4.69) is 15.3 Å². The first-order valence-electron chi connectivity index (χ1n) is 8.98. The standard InChI is InChI=1S/C19H24N4O2S/c1-14-17(26-13-22-14)7-10-21-19(25)15-5-6-18(24)23(12-15)11-8-16-4-2-3-9-20-16/h2-4,9,13,15H,5-8,10-12H2,1H3,(H,21,25)/t15-/m1/s1. The summed E-state index contributed by atoms with van der Waals surface area (Å²) in [4.78, 5) is 36.2. The van der Waals surface area contributed by atoms with Crippen LogP contribution >= 0.6 is 11.3 Å². The summed E-state index contributed by atoms with van der Waals surface area (Å²) in [6.07, 6.45) is 4.34. The van der Waals surface area contributed by atoms with Crippen LogP contribution in [0.25, 0.3) is 0 Å². The van der Waals surface area contributed by atoms with Crippen LogP contribution in [0.2, 0.25) is 0 Å². The Kier molecular flexibility index (Phi) is 6.33. The summed E-state index contributed by atoms with van der Waals surface area (Å²) in [5.74, 6) is 0.0479. The highest BCUT2D eigenvalue weighted by Crippen LogP contribution is 2.18. The molecule has 1 aliphatic heterocycles. The quantitative estimate of drug-likeness (QED) is 0.806. The van der Waals surface area contributed by atoms with E-state index >= 15 is 0 Å². The van der Waals surface area contributed by atoms with E-state index in [1.807, 2.05) is 30.6 Å². The van der Waals surface area contributed by atoms with Gasteiger partial charge in [0.15, 0.2) is 0 Å². The van der Waals surface area contributed by atoms with Gasteiger partial charge in [-0.1, -0.05) is 6.07 Å². The lowest BCUT2D eigenvalue weighted by molar-refractivity contribution is -0.138. The molecule has 0 saturated carbocycles. The van der Waals surface area contributed by atoms with Crippen molar-refractivity contribution in [2.45, 2.75) is 32.6 Å². The van der Waals surface area contributed by atoms with Crippen LogP contribution in [-0.4, -0.2) is 46.3 Å². The second-order valence-electron chi connectivity index (χ2n) is 6.55. The summed E-state index contributed by atoms with van der Waals surface area (Å²) in [7, 11) is 0. The second kappa shape index (κ2) is 8.89. The molecule has 6 nitrogen and oxygen atoms in total. The molecule has 3 heterocycles. The van der Waals surface area contributed by atoms with Crippen LogP contribution in [0.3, 0.4) is 0 Å². The Morgan fingerprint density at radius 2 is 2.23 bits per heavy atom. The number of carbonyl (C=O) groups excluding carboxylic acids is 2. The number of carbonyl (C=O) groups is 2. The summed E-state index contributed by atoms with van der Waals surface area (Å²) in [6.45, 7) is 3.71. The number of hydrogen-bond acceptors (Lipinski definition) is 5. The first-order valence-corrected chi connectivity index (χ1v) is 9.86. The number of piperidine rings is 1. The maximum atomic E-state index is 12.5. The van der Waals surface area contributed by atoms with E-state index in [1.165, 1.54) is 4.88 Å². The number of nitrogens with one attached hydrogen (secondary N) is 1. The Labute approximate surface area is 157 Å². The molecule has 0 aromatic carbocycles. The Morgan fingerprint density at radius 1 is 1.35 bits per heavy atom. The molecule has 0 aliphatic carbocycles. The molecule has 3 rings (SSSR count). The molecule has 0 radical (unpaired) electrons. The Hall–Kier alpha value is -2.28. The number of thiazole rings is 1. The Morgan fingerprint density at radius 3 is 2.96 bits per heavy atom. The monoisotopic (exact) mass is 372 g/mol. The van der Waals surface area contributed by atoms with Crippen molar-refractivity contribution in [2.75, 3.05) is 19.6 Å². The number of aromatic nitrogens is 2. The number of pyridine rings is 1. The minimum atomic E-state index is -0.126. The van der Waals surface area contributed by atoms with Crippen molar-refractivity contribution < 1.29 is 9.59 Å². The Balaban J connectivity index is 1.46. The summed E-state index contributed by atoms with van der Waals surface area (Å²) in [5.41, 5.74) is 3.83. The maximum absolute atomic E-state index is 12.5. The molecule has 1 atom stereocenters. The third kappa shape index (κ3) is 4.88. The number of likely N-dealkylation sites (tertiary alicyclic amines) is 1. The van der Waals surface area contributed by atoms with E-state index in [4.69, 9.17) is 0 Å². The van der Waals surface area contributed by atoms with E-state index in [0.717, 1.165) is 17.8 Å². The predicted octanol–water partition coefficient (Wildman–Crippen LogP) is 1.99. The van der Waals surface area contributed by atoms with Gasteiger partial charge in [-0.25, -0.2) is 4.98 Å². The zero-order valence-corrected chi connectivity index (χ0v) is 15.8. The van der Waals surface area contributed by atoms with Crippen LogP contribution in [-0.2, 0) is 22.4 Å². The molecular weight excluding hydrogens is 348 g/mol. The zero-order valence-electron chi connectivity index (χ0n) is 15.0. The molecule has 1 N–H and O–H groups in total. The summed E-state index contributed by atoms with van der Waals surface area (Å²) in [6, 6.07) is 5.78. The summed E-state index contributed by atoms with van der Waals surface area (Å²) >= 11 is 1.62. The molecule has 2 amide bonds. The van der Waals surface area contributed by atoms with Crippen LogP contribution in [0.4, 0.5) is 0 Å². The van der Waals surface area contributed by atoms with Crippen molar-refractivity contribution >= 4 is 23.2 Å². The highest BCUT2D eigenvalue weighted by molar-refractivity contribution is 7.09. The summed E-state index contributed by atoms with van der Waals surface area (Å²) in [5, 5.41) is 3.02. The van der Waals surface area contributed by atoms with Crippen molar-refractivity contribution in [3.05, 3.63) is 46.2 Å². The van der Waals surface area contributed by atoms with Gasteiger partial charge in [0.1, 0.15) is 0 Å². The maximum Gasteiger partial charge on any atom is 0.224 e. The van der Waals surface area contributed by atoms with E-state index in [9.17, 15) is 9.59 Å². The average molecular weight is 372 g/mol. The van der Waals surface area contributed by atoms with Crippen LogP contribution in [0.1, 0.15) is 29.1 Å². The average Bonchev–Trinajstić information content (AvgIpc) is 3.07. The minimum absolute atomic E-state index is 0.0440. The van der Waals surface area contributed by atoms with Gasteiger partial charge in [-0.15, -0.1) is 11.3 Å². The van der Waals surface area contributed by atoms with Crippen LogP contribution in [0.15, 0.2) is 29.9 Å². The number of nitrogens with zero attached hydrogens (tertiary/aromatic N) is 3. The highest BCUT2D eigenvalue weighted by Gasteiger charge is 2.29. The van der Waals surface area contributed by atoms with Crippen LogP contribution in [0.5, 0.6) is 0 Å². The first kappa shape index (κ1) is 18.5. The lowest BCUT2D eigenvalue weighted by Crippen LogP contribution is -2.46. The normalized spacial score (nSPS) is 17.3. The molecule has 7 heteroatoms. The summed E-state index contributed by atoms with van der Waals surface area (Å²) < 4.78 is 0. The second-order valence-corrected chi connectivity index (χ2v) is 7.49. The molecule has 1 saturated heterocycles. The minimum Gasteiger partial charge on any atom is -0.355 e. The molecule has 26 heavy (non-hydrogen) atoms. The molecule has 0 spiro atoms. The van der Waals surface area contributed by atoms with E-state index in [-0.39, 0.29) is 17.7 Å². The molecule has 1 fully saturated rings. The van der Waals surface area contributed by atoms with Gasteiger partial charge in [-0.2, -0.15) is 0 Å². The van der Waals surface area contributed by atoms with E-state index < -0.39 is 0 Å².